The van der Waals surface area contributed by atoms with Crippen LogP contribution in [0.1, 0.15) is 51.1 Å². The summed E-state index contributed by atoms with van der Waals surface area (Å²) in [5, 5.41) is 0. The summed E-state index contributed by atoms with van der Waals surface area (Å²) in [5.74, 6) is -1.08. The van der Waals surface area contributed by atoms with Crippen LogP contribution in [0.5, 0.6) is 0 Å². The topological polar surface area (TPSA) is 80.8 Å². The molecule has 1 saturated heterocycles. The number of Topliss-reactive ketones (excluding diaryl/α,β-unsaturated/α-hetero) is 1. The van der Waals surface area contributed by atoms with Gasteiger partial charge in [-0.15, -0.1) is 0 Å². The van der Waals surface area contributed by atoms with E-state index >= 15 is 0 Å². The zero-order valence-corrected chi connectivity index (χ0v) is 18.2. The van der Waals surface area contributed by atoms with Gasteiger partial charge in [0, 0.05) is 5.56 Å². The highest BCUT2D eigenvalue weighted by Crippen LogP contribution is 2.56. The van der Waals surface area contributed by atoms with Crippen LogP contribution < -0.4 is 4.90 Å². The number of amides is 2. The Balaban J connectivity index is 1.29. The van der Waals surface area contributed by atoms with Crippen LogP contribution in [-0.2, 0) is 14.3 Å². The number of benzene rings is 2. The number of rotatable bonds is 5. The van der Waals surface area contributed by atoms with E-state index in [1.54, 1.807) is 30.3 Å². The first kappa shape index (κ1) is 20.6. The Labute approximate surface area is 186 Å². The number of imide groups is 1. The molecule has 1 heterocycles. The molecule has 3 aliphatic rings. The summed E-state index contributed by atoms with van der Waals surface area (Å²) in [5.41, 5.74) is 3.16. The molecular weight excluding hydrogens is 406 g/mol. The average Bonchev–Trinajstić information content (AvgIpc) is 3.47. The van der Waals surface area contributed by atoms with E-state index < -0.39 is 5.97 Å². The predicted octanol–water partition coefficient (Wildman–Crippen LogP) is 3.88. The number of ketones is 1. The molecule has 5 rings (SSSR count). The second-order valence-electron chi connectivity index (χ2n) is 9.25. The minimum absolute atomic E-state index is 0.150. The highest BCUT2D eigenvalue weighted by atomic mass is 16.5. The van der Waals surface area contributed by atoms with Crippen molar-refractivity contribution in [3.63, 3.8) is 0 Å². The molecule has 2 saturated carbocycles. The maximum absolute atomic E-state index is 13.0. The Morgan fingerprint density at radius 3 is 2.25 bits per heavy atom. The minimum atomic E-state index is -0.664. The van der Waals surface area contributed by atoms with Crippen molar-refractivity contribution in [2.24, 2.45) is 23.7 Å². The lowest BCUT2D eigenvalue weighted by atomic mass is 9.81. The van der Waals surface area contributed by atoms with Gasteiger partial charge in [-0.1, -0.05) is 18.2 Å². The van der Waals surface area contributed by atoms with E-state index in [4.69, 9.17) is 4.74 Å². The van der Waals surface area contributed by atoms with Gasteiger partial charge in [0.2, 0.25) is 11.8 Å². The number of fused-ring (bicyclic) bond motifs is 5. The Hall–Kier alpha value is -3.28. The Bertz CT molecular complexity index is 1120. The fourth-order valence-corrected chi connectivity index (χ4v) is 5.65. The molecule has 2 bridgehead atoms. The van der Waals surface area contributed by atoms with Crippen LogP contribution in [0, 0.1) is 37.5 Å². The molecule has 0 aromatic heterocycles. The van der Waals surface area contributed by atoms with Crippen molar-refractivity contribution in [1.29, 1.82) is 0 Å². The summed E-state index contributed by atoms with van der Waals surface area (Å²) in [6.07, 6.45) is 3.00. The van der Waals surface area contributed by atoms with Crippen molar-refractivity contribution in [2.45, 2.75) is 33.1 Å². The first-order valence-electron chi connectivity index (χ1n) is 11.1. The molecule has 0 radical (unpaired) electrons. The molecule has 1 aliphatic heterocycles. The van der Waals surface area contributed by atoms with Crippen LogP contribution in [0.2, 0.25) is 0 Å². The molecule has 6 nitrogen and oxygen atoms in total. The Morgan fingerprint density at radius 2 is 1.59 bits per heavy atom. The summed E-state index contributed by atoms with van der Waals surface area (Å²) in [6, 6.07) is 11.7. The SMILES string of the molecule is Cc1ccc(C(=O)COC(=O)c2cccc(N3C(=O)[C@H]4[C@H]5CC[C@@H](C5)[C@@H]4C3=O)c2)cc1C. The second kappa shape index (κ2) is 7.69. The molecule has 32 heavy (non-hydrogen) atoms. The van der Waals surface area contributed by atoms with E-state index in [1.165, 1.54) is 11.0 Å². The molecule has 2 aromatic carbocycles. The molecule has 4 atom stereocenters. The number of carbonyl (C=O) groups excluding carboxylic acids is 4. The number of anilines is 1. The average molecular weight is 431 g/mol. The van der Waals surface area contributed by atoms with Gasteiger partial charge in [-0.3, -0.25) is 19.3 Å². The molecule has 2 aliphatic carbocycles. The Kier molecular flexibility index (Phi) is 4.96. The fraction of sp³-hybridized carbons (Fsp3) is 0.385. The van der Waals surface area contributed by atoms with Gasteiger partial charge in [0.25, 0.3) is 0 Å². The lowest BCUT2D eigenvalue weighted by Crippen LogP contribution is -2.32. The smallest absolute Gasteiger partial charge is 0.338 e. The zero-order chi connectivity index (χ0) is 22.6. The molecule has 3 fully saturated rings. The van der Waals surface area contributed by atoms with Gasteiger partial charge in [-0.2, -0.15) is 0 Å². The highest BCUT2D eigenvalue weighted by molar-refractivity contribution is 6.22. The van der Waals surface area contributed by atoms with Crippen LogP contribution in [0.3, 0.4) is 0 Å². The van der Waals surface area contributed by atoms with E-state index in [0.717, 1.165) is 30.4 Å². The van der Waals surface area contributed by atoms with E-state index in [0.29, 0.717) is 23.1 Å². The number of hydrogen-bond donors (Lipinski definition) is 0. The van der Waals surface area contributed by atoms with Crippen LogP contribution in [-0.4, -0.2) is 30.2 Å². The van der Waals surface area contributed by atoms with E-state index in [9.17, 15) is 19.2 Å². The molecule has 0 unspecified atom stereocenters. The van der Waals surface area contributed by atoms with Crippen molar-refractivity contribution in [3.8, 4) is 0 Å². The van der Waals surface area contributed by atoms with E-state index in [-0.39, 0.29) is 41.6 Å². The third-order valence-electron chi connectivity index (χ3n) is 7.43. The van der Waals surface area contributed by atoms with Crippen molar-refractivity contribution in [3.05, 3.63) is 64.7 Å². The maximum atomic E-state index is 13.0. The number of ether oxygens (including phenoxy) is 1. The van der Waals surface area contributed by atoms with Gasteiger partial charge in [-0.05, 0) is 80.3 Å². The van der Waals surface area contributed by atoms with E-state index in [1.807, 2.05) is 19.9 Å². The van der Waals surface area contributed by atoms with Gasteiger partial charge < -0.3 is 4.74 Å². The quantitative estimate of drug-likeness (QED) is 0.408. The summed E-state index contributed by atoms with van der Waals surface area (Å²) >= 11 is 0. The van der Waals surface area contributed by atoms with Crippen molar-refractivity contribution in [2.75, 3.05) is 11.5 Å². The van der Waals surface area contributed by atoms with Crippen LogP contribution >= 0.6 is 0 Å². The number of hydrogen-bond acceptors (Lipinski definition) is 5. The normalized spacial score (nSPS) is 25.9. The van der Waals surface area contributed by atoms with Gasteiger partial charge in [0.15, 0.2) is 12.4 Å². The number of esters is 1. The largest absolute Gasteiger partial charge is 0.454 e. The fourth-order valence-electron chi connectivity index (χ4n) is 5.65. The van der Waals surface area contributed by atoms with Crippen LogP contribution in [0.25, 0.3) is 0 Å². The third-order valence-corrected chi connectivity index (χ3v) is 7.43. The number of carbonyl (C=O) groups is 4. The first-order valence-corrected chi connectivity index (χ1v) is 11.1. The number of aryl methyl sites for hydroxylation is 2. The van der Waals surface area contributed by atoms with Crippen LogP contribution in [0.15, 0.2) is 42.5 Å². The van der Waals surface area contributed by atoms with Gasteiger partial charge in [-0.25, -0.2) is 4.79 Å². The highest BCUT2D eigenvalue weighted by Gasteiger charge is 2.61. The summed E-state index contributed by atoms with van der Waals surface area (Å²) in [7, 11) is 0. The van der Waals surface area contributed by atoms with Gasteiger partial charge in [0.05, 0.1) is 23.1 Å². The second-order valence-corrected chi connectivity index (χ2v) is 9.25. The first-order chi connectivity index (χ1) is 15.3. The molecule has 0 spiro atoms. The molecule has 6 heteroatoms. The van der Waals surface area contributed by atoms with E-state index in [2.05, 4.69) is 0 Å². The van der Waals surface area contributed by atoms with Gasteiger partial charge in [0.1, 0.15) is 0 Å². The Morgan fingerprint density at radius 1 is 0.906 bits per heavy atom. The molecular formula is C26H25NO5. The van der Waals surface area contributed by atoms with Crippen molar-refractivity contribution in [1.82, 2.24) is 0 Å². The monoisotopic (exact) mass is 431 g/mol. The molecule has 2 aromatic rings. The molecule has 164 valence electrons. The number of nitrogens with zero attached hydrogens (tertiary/aromatic N) is 1. The van der Waals surface area contributed by atoms with Crippen molar-refractivity contribution < 1.29 is 23.9 Å². The standard InChI is InChI=1S/C26H25NO5/c1-14-6-7-16(10-15(14)2)21(28)13-32-26(31)19-4-3-5-20(12-19)27-24(29)22-17-8-9-18(11-17)23(22)25(27)30/h3-7,10,12,17-18,22-23H,8-9,11,13H2,1-2H3/t17-,18-,22-,23-/m0/s1. The molecule has 0 N–H and O–H groups in total. The summed E-state index contributed by atoms with van der Waals surface area (Å²) in [6.45, 7) is 3.51. The zero-order valence-electron chi connectivity index (χ0n) is 18.2. The third kappa shape index (κ3) is 3.25. The van der Waals surface area contributed by atoms with Gasteiger partial charge >= 0.3 is 5.97 Å². The minimum Gasteiger partial charge on any atom is -0.454 e. The molecule has 2 amide bonds. The predicted molar refractivity (Wildman–Crippen MR) is 117 cm³/mol. The lowest BCUT2D eigenvalue weighted by molar-refractivity contribution is -0.123. The van der Waals surface area contributed by atoms with Crippen LogP contribution in [0.4, 0.5) is 5.69 Å². The summed E-state index contributed by atoms with van der Waals surface area (Å²) in [4.78, 5) is 52.3. The lowest BCUT2D eigenvalue weighted by Gasteiger charge is -2.19. The van der Waals surface area contributed by atoms with Crippen molar-refractivity contribution >= 4 is 29.3 Å². The maximum Gasteiger partial charge on any atom is 0.338 e. The summed E-state index contributed by atoms with van der Waals surface area (Å²) < 4.78 is 5.23.